The first-order valence-corrected chi connectivity index (χ1v) is 6.62. The van der Waals surface area contributed by atoms with Crippen molar-refractivity contribution >= 4 is 22.2 Å². The van der Waals surface area contributed by atoms with E-state index in [1.165, 1.54) is 0 Å². The van der Waals surface area contributed by atoms with Crippen molar-refractivity contribution in [3.63, 3.8) is 0 Å². The van der Waals surface area contributed by atoms with E-state index < -0.39 is 0 Å². The first-order chi connectivity index (χ1) is 8.60. The fourth-order valence-electron chi connectivity index (χ4n) is 1.58. The van der Waals surface area contributed by atoms with Crippen molar-refractivity contribution in [2.75, 3.05) is 25.6 Å². The highest BCUT2D eigenvalue weighted by Gasteiger charge is 2.42. The number of thiazole rings is 1. The predicted molar refractivity (Wildman–Crippen MR) is 71.2 cm³/mol. The highest BCUT2D eigenvalue weighted by molar-refractivity contribution is 7.16. The lowest BCUT2D eigenvalue weighted by Gasteiger charge is -2.04. The summed E-state index contributed by atoms with van der Waals surface area (Å²) in [6.45, 7) is 3.45. The molecule has 1 saturated carbocycles. The van der Waals surface area contributed by atoms with Crippen molar-refractivity contribution in [1.29, 1.82) is 5.41 Å². The van der Waals surface area contributed by atoms with Gasteiger partial charge in [0.1, 0.15) is 10.0 Å². The van der Waals surface area contributed by atoms with E-state index in [0.29, 0.717) is 18.8 Å². The molecular weight excluding hydrogens is 252 g/mol. The zero-order valence-electron chi connectivity index (χ0n) is 10.6. The molecule has 0 radical (unpaired) electrons. The monoisotopic (exact) mass is 270 g/mol. The zero-order chi connectivity index (χ0) is 13.2. The molecule has 0 aliphatic heterocycles. The Bertz CT molecular complexity index is 442. The molecule has 6 nitrogen and oxygen atoms in total. The minimum Gasteiger partial charge on any atom is -0.389 e. The maximum atomic E-state index is 7.66. The molecule has 0 atom stereocenters. The molecule has 1 fully saturated rings. The first kappa shape index (κ1) is 13.3. The molecular formula is C11H18N4O2S. The Labute approximate surface area is 110 Å². The van der Waals surface area contributed by atoms with Gasteiger partial charge in [0, 0.05) is 19.1 Å². The van der Waals surface area contributed by atoms with Crippen molar-refractivity contribution < 1.29 is 9.57 Å². The second kappa shape index (κ2) is 5.21. The first-order valence-electron chi connectivity index (χ1n) is 5.80. The van der Waals surface area contributed by atoms with Crippen LogP contribution in [0.2, 0.25) is 0 Å². The summed E-state index contributed by atoms with van der Waals surface area (Å²) < 4.78 is 4.99. The van der Waals surface area contributed by atoms with E-state index in [-0.39, 0.29) is 11.3 Å². The maximum Gasteiger partial charge on any atom is 0.259 e. The Morgan fingerprint density at radius 1 is 1.61 bits per heavy atom. The number of hydrogen-bond donors (Lipinski definition) is 3. The van der Waals surface area contributed by atoms with Crippen LogP contribution in [0.15, 0.2) is 0 Å². The van der Waals surface area contributed by atoms with Crippen LogP contribution in [0, 0.1) is 5.41 Å². The van der Waals surface area contributed by atoms with E-state index in [2.05, 4.69) is 22.1 Å². The molecule has 2 rings (SSSR count). The highest BCUT2D eigenvalue weighted by atomic mass is 32.1. The molecule has 0 saturated heterocycles. The van der Waals surface area contributed by atoms with Crippen LogP contribution in [0.4, 0.5) is 5.00 Å². The van der Waals surface area contributed by atoms with Gasteiger partial charge in [-0.2, -0.15) is 5.90 Å². The summed E-state index contributed by atoms with van der Waals surface area (Å²) in [7, 11) is 1.65. The Kier molecular flexibility index (Phi) is 3.84. The second-order valence-corrected chi connectivity index (χ2v) is 5.62. The van der Waals surface area contributed by atoms with Gasteiger partial charge in [0.25, 0.3) is 5.90 Å². The standard InChI is InChI=1S/C11H18N4O2S/c1-11(3-4-11)10-15-7(8(12)17-13)9(18-10)14-5-6-16-2/h12,14H,3-6,13H2,1-2H3. The summed E-state index contributed by atoms with van der Waals surface area (Å²) in [5.74, 6) is 4.94. The van der Waals surface area contributed by atoms with Gasteiger partial charge in [-0.1, -0.05) is 6.92 Å². The third-order valence-electron chi connectivity index (χ3n) is 3.07. The van der Waals surface area contributed by atoms with Crippen LogP contribution < -0.4 is 11.2 Å². The Balaban J connectivity index is 2.19. The van der Waals surface area contributed by atoms with Gasteiger partial charge in [0.15, 0.2) is 5.69 Å². The summed E-state index contributed by atoms with van der Waals surface area (Å²) >= 11 is 1.57. The fourth-order valence-corrected chi connectivity index (χ4v) is 2.77. The van der Waals surface area contributed by atoms with E-state index in [9.17, 15) is 0 Å². The lowest BCUT2D eigenvalue weighted by Crippen LogP contribution is -2.15. The number of anilines is 1. The third-order valence-corrected chi connectivity index (χ3v) is 4.39. The van der Waals surface area contributed by atoms with Gasteiger partial charge >= 0.3 is 0 Å². The molecule has 100 valence electrons. The van der Waals surface area contributed by atoms with Gasteiger partial charge in [-0.3, -0.25) is 5.41 Å². The lowest BCUT2D eigenvalue weighted by molar-refractivity contribution is 0.211. The van der Waals surface area contributed by atoms with Gasteiger partial charge < -0.3 is 14.9 Å². The number of nitrogens with two attached hydrogens (primary N) is 1. The normalized spacial score (nSPS) is 16.4. The average molecular weight is 270 g/mol. The molecule has 0 unspecified atom stereocenters. The van der Waals surface area contributed by atoms with E-state index >= 15 is 0 Å². The smallest absolute Gasteiger partial charge is 0.259 e. The van der Waals surface area contributed by atoms with Gasteiger partial charge in [0.05, 0.1) is 6.61 Å². The van der Waals surface area contributed by atoms with Crippen molar-refractivity contribution in [1.82, 2.24) is 4.98 Å². The van der Waals surface area contributed by atoms with Crippen LogP contribution in [-0.2, 0) is 15.0 Å². The summed E-state index contributed by atoms with van der Waals surface area (Å²) in [6.07, 6.45) is 2.29. The van der Waals surface area contributed by atoms with E-state index in [4.69, 9.17) is 16.0 Å². The Hall–Kier alpha value is -1.18. The van der Waals surface area contributed by atoms with Crippen molar-refractivity contribution in [2.24, 2.45) is 5.90 Å². The molecule has 1 aliphatic carbocycles. The molecule has 1 heterocycles. The van der Waals surface area contributed by atoms with Crippen LogP contribution in [0.3, 0.4) is 0 Å². The minimum atomic E-state index is -0.110. The SMILES string of the molecule is COCCNc1sc(C2(C)CC2)nc1C(=N)ON. The molecule has 0 bridgehead atoms. The molecule has 1 aliphatic rings. The third kappa shape index (κ3) is 2.63. The highest BCUT2D eigenvalue weighted by Crippen LogP contribution is 2.50. The summed E-state index contributed by atoms with van der Waals surface area (Å²) in [5.41, 5.74) is 0.664. The molecule has 1 aromatic rings. The molecule has 1 aromatic heterocycles. The van der Waals surface area contributed by atoms with E-state index in [1.54, 1.807) is 18.4 Å². The van der Waals surface area contributed by atoms with Crippen molar-refractivity contribution in [2.45, 2.75) is 25.2 Å². The second-order valence-electron chi connectivity index (χ2n) is 4.62. The van der Waals surface area contributed by atoms with E-state index in [0.717, 1.165) is 22.9 Å². The van der Waals surface area contributed by atoms with Crippen molar-refractivity contribution in [3.8, 4) is 0 Å². The topological polar surface area (TPSA) is 93.2 Å². The van der Waals surface area contributed by atoms with Gasteiger partial charge in [-0.15, -0.1) is 11.3 Å². The Morgan fingerprint density at radius 3 is 2.89 bits per heavy atom. The molecule has 0 spiro atoms. The summed E-state index contributed by atoms with van der Waals surface area (Å²) in [5, 5.41) is 12.7. The van der Waals surface area contributed by atoms with Crippen LogP contribution in [0.25, 0.3) is 0 Å². The number of methoxy groups -OCH3 is 1. The lowest BCUT2D eigenvalue weighted by atomic mass is 10.2. The number of hydrogen-bond acceptors (Lipinski definition) is 7. The largest absolute Gasteiger partial charge is 0.389 e. The summed E-state index contributed by atoms with van der Waals surface area (Å²) in [4.78, 5) is 8.96. The summed E-state index contributed by atoms with van der Waals surface area (Å²) in [6, 6.07) is 0. The number of aromatic nitrogens is 1. The molecule has 4 N–H and O–H groups in total. The quantitative estimate of drug-likeness (QED) is 0.315. The number of ether oxygens (including phenoxy) is 1. The van der Waals surface area contributed by atoms with Gasteiger partial charge in [-0.05, 0) is 12.8 Å². The molecule has 18 heavy (non-hydrogen) atoms. The van der Waals surface area contributed by atoms with Crippen LogP contribution in [0.1, 0.15) is 30.5 Å². The predicted octanol–water partition coefficient (Wildman–Crippen LogP) is 1.47. The molecule has 7 heteroatoms. The Morgan fingerprint density at radius 2 is 2.33 bits per heavy atom. The number of nitrogens with one attached hydrogen (secondary N) is 2. The minimum absolute atomic E-state index is 0.110. The van der Waals surface area contributed by atoms with E-state index in [1.807, 2.05) is 0 Å². The number of rotatable bonds is 6. The molecule has 0 aromatic carbocycles. The van der Waals surface area contributed by atoms with Gasteiger partial charge in [0.2, 0.25) is 0 Å². The van der Waals surface area contributed by atoms with Crippen LogP contribution in [-0.4, -0.2) is 31.1 Å². The fraction of sp³-hybridized carbons (Fsp3) is 0.636. The zero-order valence-corrected chi connectivity index (χ0v) is 11.4. The van der Waals surface area contributed by atoms with Crippen LogP contribution in [0.5, 0.6) is 0 Å². The average Bonchev–Trinajstić information content (AvgIpc) is 2.97. The van der Waals surface area contributed by atoms with Crippen LogP contribution >= 0.6 is 11.3 Å². The van der Waals surface area contributed by atoms with Crippen molar-refractivity contribution in [3.05, 3.63) is 10.7 Å². The maximum absolute atomic E-state index is 7.66. The molecule has 0 amide bonds. The number of nitrogens with zero attached hydrogens (tertiary/aromatic N) is 1. The van der Waals surface area contributed by atoms with Gasteiger partial charge in [-0.25, -0.2) is 4.98 Å².